The highest BCUT2D eigenvalue weighted by molar-refractivity contribution is 6.33. The molecule has 0 saturated carbocycles. The van der Waals surface area contributed by atoms with Crippen LogP contribution in [0.2, 0.25) is 5.02 Å². The fourth-order valence-corrected chi connectivity index (χ4v) is 3.48. The minimum Gasteiger partial charge on any atom is -0.348 e. The van der Waals surface area contributed by atoms with Gasteiger partial charge in [-0.2, -0.15) is 0 Å². The minimum absolute atomic E-state index is 0.198. The van der Waals surface area contributed by atoms with Gasteiger partial charge in [-0.1, -0.05) is 11.6 Å². The second-order valence-electron chi connectivity index (χ2n) is 5.70. The van der Waals surface area contributed by atoms with Gasteiger partial charge >= 0.3 is 0 Å². The van der Waals surface area contributed by atoms with E-state index in [0.717, 1.165) is 19.4 Å². The Kier molecular flexibility index (Phi) is 4.28. The highest BCUT2D eigenvalue weighted by Gasteiger charge is 2.32. The van der Waals surface area contributed by atoms with Crippen LogP contribution < -0.4 is 16.6 Å². The molecule has 2 atom stereocenters. The van der Waals surface area contributed by atoms with E-state index < -0.39 is 0 Å². The number of anilines is 1. The number of nitrogens with one attached hydrogen (secondary N) is 2. The Morgan fingerprint density at radius 1 is 1.38 bits per heavy atom. The highest BCUT2D eigenvalue weighted by atomic mass is 35.5. The van der Waals surface area contributed by atoms with E-state index in [0.29, 0.717) is 16.9 Å². The quantitative estimate of drug-likeness (QED) is 0.580. The van der Waals surface area contributed by atoms with E-state index in [-0.39, 0.29) is 17.6 Å². The van der Waals surface area contributed by atoms with Gasteiger partial charge in [0.05, 0.1) is 5.02 Å². The summed E-state index contributed by atoms with van der Waals surface area (Å²) in [5.41, 5.74) is 2.65. The van der Waals surface area contributed by atoms with E-state index in [1.807, 2.05) is 0 Å². The molecule has 0 radical (unpaired) electrons. The van der Waals surface area contributed by atoms with Gasteiger partial charge < -0.3 is 15.6 Å². The van der Waals surface area contributed by atoms with E-state index in [4.69, 9.17) is 17.4 Å². The molecule has 4 N–H and O–H groups in total. The smallest absolute Gasteiger partial charge is 0.271 e. The summed E-state index contributed by atoms with van der Waals surface area (Å²) in [5.74, 6) is 5.52. The van der Waals surface area contributed by atoms with Crippen molar-refractivity contribution in [3.63, 3.8) is 0 Å². The number of pyridine rings is 1. The maximum atomic E-state index is 12.4. The van der Waals surface area contributed by atoms with Crippen LogP contribution >= 0.6 is 11.6 Å². The van der Waals surface area contributed by atoms with Crippen molar-refractivity contribution in [2.45, 2.75) is 37.8 Å². The molecule has 2 aliphatic heterocycles. The Morgan fingerprint density at radius 3 is 3.05 bits per heavy atom. The lowest BCUT2D eigenvalue weighted by molar-refractivity contribution is 0.0891. The van der Waals surface area contributed by atoms with Crippen LogP contribution in [0.5, 0.6) is 0 Å². The summed E-state index contributed by atoms with van der Waals surface area (Å²) in [6, 6.07) is 4.07. The van der Waals surface area contributed by atoms with E-state index in [1.165, 1.54) is 19.4 Å². The monoisotopic (exact) mass is 309 g/mol. The summed E-state index contributed by atoms with van der Waals surface area (Å²) in [7, 11) is 0. The van der Waals surface area contributed by atoms with E-state index in [1.54, 1.807) is 12.1 Å². The molecule has 114 valence electrons. The Bertz CT molecular complexity index is 538. The zero-order chi connectivity index (χ0) is 14.8. The molecule has 1 aromatic rings. The first-order chi connectivity index (χ1) is 10.2. The molecule has 2 fully saturated rings. The molecule has 2 saturated heterocycles. The maximum absolute atomic E-state index is 12.4. The van der Waals surface area contributed by atoms with Gasteiger partial charge in [-0.3, -0.25) is 4.79 Å². The fourth-order valence-electron chi connectivity index (χ4n) is 3.29. The van der Waals surface area contributed by atoms with Gasteiger partial charge in [0.2, 0.25) is 0 Å². The number of hydrogen-bond acceptors (Lipinski definition) is 5. The first kappa shape index (κ1) is 14.6. The van der Waals surface area contributed by atoms with Crippen LogP contribution in [-0.4, -0.2) is 41.0 Å². The fraction of sp³-hybridized carbons (Fsp3) is 0.571. The van der Waals surface area contributed by atoms with Crippen molar-refractivity contribution in [2.24, 2.45) is 5.84 Å². The van der Waals surface area contributed by atoms with Crippen LogP contribution in [0.4, 0.5) is 5.82 Å². The van der Waals surface area contributed by atoms with Crippen LogP contribution in [0.1, 0.15) is 36.2 Å². The number of piperidine rings is 1. The van der Waals surface area contributed by atoms with Gasteiger partial charge in [0, 0.05) is 18.6 Å². The largest absolute Gasteiger partial charge is 0.348 e. The highest BCUT2D eigenvalue weighted by Crippen LogP contribution is 2.27. The maximum Gasteiger partial charge on any atom is 0.271 e. The van der Waals surface area contributed by atoms with Crippen LogP contribution in [0.25, 0.3) is 0 Å². The van der Waals surface area contributed by atoms with Gasteiger partial charge in [-0.15, -0.1) is 0 Å². The van der Waals surface area contributed by atoms with Gasteiger partial charge in [0.15, 0.2) is 0 Å². The zero-order valence-corrected chi connectivity index (χ0v) is 12.6. The van der Waals surface area contributed by atoms with Crippen molar-refractivity contribution in [2.75, 3.05) is 18.5 Å². The Morgan fingerprint density at radius 2 is 2.24 bits per heavy atom. The molecule has 21 heavy (non-hydrogen) atoms. The molecular formula is C14H20ClN5O. The Balaban J connectivity index is 1.66. The van der Waals surface area contributed by atoms with Gasteiger partial charge in [-0.05, 0) is 44.4 Å². The number of nitrogen functional groups attached to an aromatic ring is 1. The van der Waals surface area contributed by atoms with Crippen molar-refractivity contribution < 1.29 is 4.79 Å². The Labute approximate surface area is 129 Å². The first-order valence-electron chi connectivity index (χ1n) is 7.35. The molecule has 1 aromatic heterocycles. The standard InChI is InChI=1S/C14H20ClN5O/c15-11-3-4-12(19-16)18-13(11)14(21)17-9-5-7-20-6-1-2-10(20)8-9/h3-4,9-10H,1-2,5-8,16H2,(H,17,21)(H,18,19). The third-order valence-corrected chi connectivity index (χ3v) is 4.67. The minimum atomic E-state index is -0.228. The van der Waals surface area contributed by atoms with E-state index >= 15 is 0 Å². The number of fused-ring (bicyclic) bond motifs is 1. The molecule has 2 aliphatic rings. The third kappa shape index (κ3) is 3.12. The molecule has 3 heterocycles. The number of nitrogens with zero attached hydrogens (tertiary/aromatic N) is 2. The number of nitrogens with two attached hydrogens (primary N) is 1. The Hall–Kier alpha value is -1.37. The summed E-state index contributed by atoms with van der Waals surface area (Å²) in [5, 5.41) is 3.40. The lowest BCUT2D eigenvalue weighted by Gasteiger charge is -2.35. The second kappa shape index (κ2) is 6.17. The summed E-state index contributed by atoms with van der Waals surface area (Å²) >= 11 is 6.05. The number of halogens is 1. The van der Waals surface area contributed by atoms with Crippen molar-refractivity contribution in [1.82, 2.24) is 15.2 Å². The molecule has 0 aliphatic carbocycles. The molecule has 1 amide bonds. The molecule has 6 nitrogen and oxygen atoms in total. The molecule has 0 aromatic carbocycles. The van der Waals surface area contributed by atoms with Crippen LogP contribution in [0.3, 0.4) is 0 Å². The predicted octanol–water partition coefficient (Wildman–Crippen LogP) is 1.38. The van der Waals surface area contributed by atoms with Gasteiger partial charge in [0.25, 0.3) is 5.91 Å². The van der Waals surface area contributed by atoms with Crippen molar-refractivity contribution in [3.8, 4) is 0 Å². The molecule has 0 bridgehead atoms. The van der Waals surface area contributed by atoms with Crippen LogP contribution in [-0.2, 0) is 0 Å². The molecule has 3 rings (SSSR count). The number of hydrogen-bond donors (Lipinski definition) is 3. The lowest BCUT2D eigenvalue weighted by Crippen LogP contribution is -2.47. The summed E-state index contributed by atoms with van der Waals surface area (Å²) < 4.78 is 0. The predicted molar refractivity (Wildman–Crippen MR) is 82.1 cm³/mol. The molecular weight excluding hydrogens is 290 g/mol. The topological polar surface area (TPSA) is 83.3 Å². The van der Waals surface area contributed by atoms with E-state index in [9.17, 15) is 4.79 Å². The van der Waals surface area contributed by atoms with Crippen molar-refractivity contribution in [3.05, 3.63) is 22.8 Å². The molecule has 0 spiro atoms. The number of rotatable bonds is 3. The lowest BCUT2D eigenvalue weighted by atomic mass is 9.97. The van der Waals surface area contributed by atoms with Gasteiger partial charge in [-0.25, -0.2) is 10.8 Å². The second-order valence-corrected chi connectivity index (χ2v) is 6.11. The van der Waals surface area contributed by atoms with E-state index in [2.05, 4.69) is 20.6 Å². The molecule has 2 unspecified atom stereocenters. The molecule has 7 heteroatoms. The third-order valence-electron chi connectivity index (χ3n) is 4.36. The summed E-state index contributed by atoms with van der Waals surface area (Å²) in [6.45, 7) is 2.25. The summed E-state index contributed by atoms with van der Waals surface area (Å²) in [6.07, 6.45) is 4.49. The number of carbonyl (C=O) groups excluding carboxylic acids is 1. The number of hydrazine groups is 1. The van der Waals surface area contributed by atoms with Crippen LogP contribution in [0, 0.1) is 0 Å². The first-order valence-corrected chi connectivity index (χ1v) is 7.73. The van der Waals surface area contributed by atoms with Gasteiger partial charge in [0.1, 0.15) is 11.5 Å². The zero-order valence-electron chi connectivity index (χ0n) is 11.8. The average Bonchev–Trinajstić information content (AvgIpc) is 2.95. The number of carbonyl (C=O) groups is 1. The SMILES string of the molecule is NNc1ccc(Cl)c(C(=O)NC2CCN3CCCC3C2)n1. The van der Waals surface area contributed by atoms with Crippen molar-refractivity contribution >= 4 is 23.3 Å². The number of amides is 1. The van der Waals surface area contributed by atoms with Crippen LogP contribution in [0.15, 0.2) is 12.1 Å². The number of aromatic nitrogens is 1. The van der Waals surface area contributed by atoms with Crippen molar-refractivity contribution in [1.29, 1.82) is 0 Å². The normalized spacial score (nSPS) is 25.4. The average molecular weight is 310 g/mol. The summed E-state index contributed by atoms with van der Waals surface area (Å²) in [4.78, 5) is 19.0.